The van der Waals surface area contributed by atoms with Crippen LogP contribution in [0.3, 0.4) is 0 Å². The fraction of sp³-hybridized carbons (Fsp3) is 0.364. The third-order valence-corrected chi connectivity index (χ3v) is 4.67. The number of benzene rings is 2. The number of nitrogens with one attached hydrogen (secondary N) is 1. The maximum atomic E-state index is 12.4. The first kappa shape index (κ1) is 19.0. The Morgan fingerprint density at radius 2 is 1.74 bits per heavy atom. The minimum Gasteiger partial charge on any atom is -0.481 e. The van der Waals surface area contributed by atoms with E-state index >= 15 is 0 Å². The van der Waals surface area contributed by atoms with E-state index < -0.39 is 6.10 Å². The lowest BCUT2D eigenvalue weighted by molar-refractivity contribution is -0.122. The molecule has 0 saturated heterocycles. The zero-order chi connectivity index (χ0) is 19.2. The van der Waals surface area contributed by atoms with E-state index in [0.717, 1.165) is 18.6 Å². The van der Waals surface area contributed by atoms with E-state index in [1.165, 1.54) is 24.0 Å². The van der Waals surface area contributed by atoms with Crippen molar-refractivity contribution < 1.29 is 19.1 Å². The monoisotopic (exact) mass is 367 g/mol. The Morgan fingerprint density at radius 3 is 2.44 bits per heavy atom. The average molecular weight is 367 g/mol. The van der Waals surface area contributed by atoms with Gasteiger partial charge < -0.3 is 14.8 Å². The molecule has 0 aromatic heterocycles. The van der Waals surface area contributed by atoms with Crippen LogP contribution in [0.25, 0.3) is 0 Å². The molecule has 1 aliphatic carbocycles. The van der Waals surface area contributed by atoms with Crippen LogP contribution in [0.1, 0.15) is 48.2 Å². The fourth-order valence-corrected chi connectivity index (χ4v) is 3.19. The molecule has 2 aromatic rings. The number of hydrogen-bond donors (Lipinski definition) is 1. The molecule has 142 valence electrons. The molecule has 0 aliphatic heterocycles. The van der Waals surface area contributed by atoms with Crippen molar-refractivity contribution in [3.8, 4) is 5.75 Å². The summed E-state index contributed by atoms with van der Waals surface area (Å²) in [5.74, 6) is 0.104. The fourth-order valence-electron chi connectivity index (χ4n) is 3.19. The predicted octanol–water partition coefficient (Wildman–Crippen LogP) is 4.15. The van der Waals surface area contributed by atoms with E-state index in [1.807, 2.05) is 12.1 Å². The van der Waals surface area contributed by atoms with Gasteiger partial charge in [0.1, 0.15) is 5.75 Å². The zero-order valence-corrected chi connectivity index (χ0v) is 15.8. The Kier molecular flexibility index (Phi) is 6.12. The van der Waals surface area contributed by atoms with Gasteiger partial charge in [-0.15, -0.1) is 0 Å². The Bertz CT molecular complexity index is 814. The van der Waals surface area contributed by atoms with Gasteiger partial charge in [-0.1, -0.05) is 6.07 Å². The molecule has 27 heavy (non-hydrogen) atoms. The van der Waals surface area contributed by atoms with Crippen LogP contribution in [0.2, 0.25) is 0 Å². The van der Waals surface area contributed by atoms with Crippen molar-refractivity contribution in [1.29, 1.82) is 0 Å². The molecule has 3 rings (SSSR count). The predicted molar refractivity (Wildman–Crippen MR) is 104 cm³/mol. The van der Waals surface area contributed by atoms with Crippen molar-refractivity contribution in [3.63, 3.8) is 0 Å². The zero-order valence-electron chi connectivity index (χ0n) is 15.8. The number of carbonyl (C=O) groups is 2. The molecule has 0 spiro atoms. The third-order valence-electron chi connectivity index (χ3n) is 4.67. The van der Waals surface area contributed by atoms with Crippen LogP contribution in [0, 0.1) is 0 Å². The quantitative estimate of drug-likeness (QED) is 0.779. The standard InChI is InChI=1S/C22H25NO4/c1-3-26-22(25)17-8-11-19(12-9-17)23-21(24)15(2)27-20-13-10-16-6-4-5-7-18(16)14-20/h8-15H,3-7H2,1-2H3,(H,23,24)/t15-/m1/s1. The van der Waals surface area contributed by atoms with E-state index in [1.54, 1.807) is 38.1 Å². The SMILES string of the molecule is CCOC(=O)c1ccc(NC(=O)[C@@H](C)Oc2ccc3c(c2)CCCC3)cc1. The maximum Gasteiger partial charge on any atom is 0.338 e. The molecular weight excluding hydrogens is 342 g/mol. The van der Waals surface area contributed by atoms with Crippen LogP contribution < -0.4 is 10.1 Å². The number of esters is 1. The van der Waals surface area contributed by atoms with Crippen LogP contribution in [-0.2, 0) is 22.4 Å². The first-order valence-corrected chi connectivity index (χ1v) is 9.43. The van der Waals surface area contributed by atoms with Crippen LogP contribution in [-0.4, -0.2) is 24.6 Å². The molecule has 0 fully saturated rings. The number of anilines is 1. The highest BCUT2D eigenvalue weighted by molar-refractivity contribution is 5.95. The number of ether oxygens (including phenoxy) is 2. The molecule has 1 atom stereocenters. The van der Waals surface area contributed by atoms with Crippen molar-refractivity contribution in [3.05, 3.63) is 59.2 Å². The Morgan fingerprint density at radius 1 is 1.04 bits per heavy atom. The molecule has 1 amide bonds. The van der Waals surface area contributed by atoms with E-state index in [2.05, 4.69) is 11.4 Å². The lowest BCUT2D eigenvalue weighted by Gasteiger charge is -2.19. The second kappa shape index (κ2) is 8.71. The van der Waals surface area contributed by atoms with Crippen molar-refractivity contribution in [2.75, 3.05) is 11.9 Å². The molecule has 0 radical (unpaired) electrons. The van der Waals surface area contributed by atoms with Gasteiger partial charge in [-0.25, -0.2) is 4.79 Å². The van der Waals surface area contributed by atoms with Gasteiger partial charge in [0.2, 0.25) is 0 Å². The number of rotatable bonds is 6. The van der Waals surface area contributed by atoms with Crippen molar-refractivity contribution >= 4 is 17.6 Å². The number of amides is 1. The maximum absolute atomic E-state index is 12.4. The molecular formula is C22H25NO4. The highest BCUT2D eigenvalue weighted by Gasteiger charge is 2.17. The van der Waals surface area contributed by atoms with Gasteiger partial charge in [-0.3, -0.25) is 4.79 Å². The summed E-state index contributed by atoms with van der Waals surface area (Å²) in [6, 6.07) is 12.7. The smallest absolute Gasteiger partial charge is 0.338 e. The van der Waals surface area contributed by atoms with Gasteiger partial charge in [0.25, 0.3) is 5.91 Å². The Balaban J connectivity index is 1.58. The minimum absolute atomic E-state index is 0.239. The second-order valence-electron chi connectivity index (χ2n) is 6.68. The van der Waals surface area contributed by atoms with Gasteiger partial charge in [0.15, 0.2) is 6.10 Å². The highest BCUT2D eigenvalue weighted by Crippen LogP contribution is 2.26. The molecule has 5 heteroatoms. The van der Waals surface area contributed by atoms with E-state index in [0.29, 0.717) is 17.9 Å². The third kappa shape index (κ3) is 4.88. The van der Waals surface area contributed by atoms with Crippen molar-refractivity contribution in [2.24, 2.45) is 0 Å². The summed E-state index contributed by atoms with van der Waals surface area (Å²) >= 11 is 0. The molecule has 1 N–H and O–H groups in total. The molecule has 0 heterocycles. The van der Waals surface area contributed by atoms with E-state index in [9.17, 15) is 9.59 Å². The molecule has 0 bridgehead atoms. The number of hydrogen-bond acceptors (Lipinski definition) is 4. The van der Waals surface area contributed by atoms with Crippen LogP contribution in [0.5, 0.6) is 5.75 Å². The average Bonchev–Trinajstić information content (AvgIpc) is 2.68. The number of aryl methyl sites for hydroxylation is 2. The van der Waals surface area contributed by atoms with Crippen molar-refractivity contribution in [2.45, 2.75) is 45.6 Å². The molecule has 2 aromatic carbocycles. The van der Waals surface area contributed by atoms with Crippen molar-refractivity contribution in [1.82, 2.24) is 0 Å². The summed E-state index contributed by atoms with van der Waals surface area (Å²) in [7, 11) is 0. The van der Waals surface area contributed by atoms with Crippen LogP contribution >= 0.6 is 0 Å². The number of carbonyl (C=O) groups excluding carboxylic acids is 2. The summed E-state index contributed by atoms with van der Waals surface area (Å²) < 4.78 is 10.8. The Labute approximate surface area is 159 Å². The first-order valence-electron chi connectivity index (χ1n) is 9.43. The lowest BCUT2D eigenvalue weighted by Crippen LogP contribution is -2.30. The summed E-state index contributed by atoms with van der Waals surface area (Å²) in [5, 5.41) is 2.81. The minimum atomic E-state index is -0.628. The summed E-state index contributed by atoms with van der Waals surface area (Å²) in [5.41, 5.74) is 3.76. The summed E-state index contributed by atoms with van der Waals surface area (Å²) in [6.45, 7) is 3.81. The van der Waals surface area contributed by atoms with Gasteiger partial charge in [0.05, 0.1) is 12.2 Å². The van der Waals surface area contributed by atoms with Crippen LogP contribution in [0.15, 0.2) is 42.5 Å². The molecule has 0 unspecified atom stereocenters. The van der Waals surface area contributed by atoms with Crippen LogP contribution in [0.4, 0.5) is 5.69 Å². The highest BCUT2D eigenvalue weighted by atomic mass is 16.5. The second-order valence-corrected chi connectivity index (χ2v) is 6.68. The van der Waals surface area contributed by atoms with Gasteiger partial charge in [-0.2, -0.15) is 0 Å². The first-order chi connectivity index (χ1) is 13.1. The topological polar surface area (TPSA) is 64.6 Å². The van der Waals surface area contributed by atoms with Gasteiger partial charge >= 0.3 is 5.97 Å². The van der Waals surface area contributed by atoms with Gasteiger partial charge in [-0.05, 0) is 87.1 Å². The molecule has 1 aliphatic rings. The summed E-state index contributed by atoms with van der Waals surface area (Å²) in [6.07, 6.45) is 4.00. The van der Waals surface area contributed by atoms with Gasteiger partial charge in [0, 0.05) is 5.69 Å². The summed E-state index contributed by atoms with van der Waals surface area (Å²) in [4.78, 5) is 24.1. The van der Waals surface area contributed by atoms with E-state index in [4.69, 9.17) is 9.47 Å². The molecule has 5 nitrogen and oxygen atoms in total. The Hall–Kier alpha value is -2.82. The van der Waals surface area contributed by atoms with E-state index in [-0.39, 0.29) is 11.9 Å². The number of fused-ring (bicyclic) bond motifs is 1. The lowest BCUT2D eigenvalue weighted by atomic mass is 9.92. The largest absolute Gasteiger partial charge is 0.481 e. The molecule has 0 saturated carbocycles. The normalized spacial score (nSPS) is 14.0.